The number of hydrogen-bond acceptors (Lipinski definition) is 5. The standard InChI is InChI=1S/C17H24FNO6/c1-17(2,3)25-16(24)19-7-6-13(20)15(23)11-8-10(9-14(21)22)4-5-12(11)18/h4-5,8,13,15,20,23H,6-7,9H2,1-3H3,(H,19,24)(H,21,22). The zero-order valence-electron chi connectivity index (χ0n) is 14.5. The van der Waals surface area contributed by atoms with Crippen LogP contribution in [0.25, 0.3) is 0 Å². The molecule has 0 aliphatic carbocycles. The van der Waals surface area contributed by atoms with Crippen LogP contribution in [0, 0.1) is 5.82 Å². The number of nitrogens with one attached hydrogen (secondary N) is 1. The van der Waals surface area contributed by atoms with Crippen molar-refractivity contribution in [1.82, 2.24) is 5.32 Å². The Labute approximate surface area is 145 Å². The number of aliphatic hydroxyl groups excluding tert-OH is 2. The number of alkyl carbamates (subject to hydrolysis) is 1. The molecule has 1 aromatic rings. The number of aliphatic hydroxyl groups is 2. The summed E-state index contributed by atoms with van der Waals surface area (Å²) in [6.45, 7) is 5.14. The highest BCUT2D eigenvalue weighted by Crippen LogP contribution is 2.23. The number of benzene rings is 1. The van der Waals surface area contributed by atoms with Crippen molar-refractivity contribution in [2.24, 2.45) is 0 Å². The minimum atomic E-state index is -1.55. The van der Waals surface area contributed by atoms with Crippen LogP contribution in [0.3, 0.4) is 0 Å². The molecule has 0 radical (unpaired) electrons. The Hall–Kier alpha value is -2.19. The van der Waals surface area contributed by atoms with Crippen LogP contribution in [0.5, 0.6) is 0 Å². The number of aliphatic carboxylic acids is 1. The fourth-order valence-electron chi connectivity index (χ4n) is 2.11. The number of carbonyl (C=O) groups is 2. The maximum Gasteiger partial charge on any atom is 0.407 e. The van der Waals surface area contributed by atoms with Crippen LogP contribution < -0.4 is 5.32 Å². The Kier molecular flexibility index (Phi) is 7.32. The molecule has 2 atom stereocenters. The molecule has 1 aromatic carbocycles. The van der Waals surface area contributed by atoms with Gasteiger partial charge in [-0.25, -0.2) is 9.18 Å². The highest BCUT2D eigenvalue weighted by atomic mass is 19.1. The minimum Gasteiger partial charge on any atom is -0.481 e. The van der Waals surface area contributed by atoms with Crippen LogP contribution >= 0.6 is 0 Å². The average molecular weight is 357 g/mol. The molecule has 0 spiro atoms. The fourth-order valence-corrected chi connectivity index (χ4v) is 2.11. The van der Waals surface area contributed by atoms with Gasteiger partial charge in [-0.15, -0.1) is 0 Å². The number of rotatable bonds is 7. The number of carboxylic acids is 1. The smallest absolute Gasteiger partial charge is 0.407 e. The van der Waals surface area contributed by atoms with Gasteiger partial charge in [0.15, 0.2) is 0 Å². The van der Waals surface area contributed by atoms with E-state index in [0.717, 1.165) is 6.07 Å². The molecule has 25 heavy (non-hydrogen) atoms. The van der Waals surface area contributed by atoms with Crippen molar-refractivity contribution in [3.8, 4) is 0 Å². The molecule has 0 saturated heterocycles. The Morgan fingerprint density at radius 1 is 1.28 bits per heavy atom. The van der Waals surface area contributed by atoms with E-state index in [-0.39, 0.29) is 24.9 Å². The molecule has 4 N–H and O–H groups in total. The van der Waals surface area contributed by atoms with Crippen molar-refractivity contribution in [3.63, 3.8) is 0 Å². The zero-order chi connectivity index (χ0) is 19.2. The van der Waals surface area contributed by atoms with Crippen LogP contribution in [0.1, 0.15) is 44.4 Å². The van der Waals surface area contributed by atoms with E-state index in [1.165, 1.54) is 12.1 Å². The van der Waals surface area contributed by atoms with Crippen molar-refractivity contribution in [3.05, 3.63) is 35.1 Å². The summed E-state index contributed by atoms with van der Waals surface area (Å²) in [6, 6.07) is 3.55. The lowest BCUT2D eigenvalue weighted by atomic mass is 9.98. The number of hydrogen-bond donors (Lipinski definition) is 4. The SMILES string of the molecule is CC(C)(C)OC(=O)NCCC(O)C(O)c1cc(CC(=O)O)ccc1F. The fraction of sp³-hybridized carbons (Fsp3) is 0.529. The van der Waals surface area contributed by atoms with E-state index in [4.69, 9.17) is 9.84 Å². The first-order valence-electron chi connectivity index (χ1n) is 7.82. The third kappa shape index (κ3) is 7.49. The highest BCUT2D eigenvalue weighted by Gasteiger charge is 2.23. The number of ether oxygens (including phenoxy) is 1. The van der Waals surface area contributed by atoms with Gasteiger partial charge in [-0.3, -0.25) is 4.79 Å². The van der Waals surface area contributed by atoms with E-state index < -0.39 is 35.7 Å². The maximum atomic E-state index is 13.8. The molecular formula is C17H24FNO6. The van der Waals surface area contributed by atoms with E-state index in [1.807, 2.05) is 0 Å². The van der Waals surface area contributed by atoms with E-state index >= 15 is 0 Å². The first-order valence-corrected chi connectivity index (χ1v) is 7.82. The van der Waals surface area contributed by atoms with Crippen LogP contribution in [-0.2, 0) is 16.0 Å². The first-order chi connectivity index (χ1) is 11.5. The van der Waals surface area contributed by atoms with Gasteiger partial charge < -0.3 is 25.4 Å². The summed E-state index contributed by atoms with van der Waals surface area (Å²) in [5.41, 5.74) is -0.541. The maximum absolute atomic E-state index is 13.8. The molecule has 0 aromatic heterocycles. The third-order valence-electron chi connectivity index (χ3n) is 3.21. The Morgan fingerprint density at radius 3 is 2.48 bits per heavy atom. The van der Waals surface area contributed by atoms with Crippen molar-refractivity contribution < 1.29 is 34.0 Å². The van der Waals surface area contributed by atoms with Crippen LogP contribution in [0.4, 0.5) is 9.18 Å². The van der Waals surface area contributed by atoms with Gasteiger partial charge in [0.05, 0.1) is 12.5 Å². The van der Waals surface area contributed by atoms with Crippen molar-refractivity contribution in [2.75, 3.05) is 6.54 Å². The Balaban J connectivity index is 2.62. The summed E-state index contributed by atoms with van der Waals surface area (Å²) in [7, 11) is 0. The summed E-state index contributed by atoms with van der Waals surface area (Å²) in [5, 5.41) is 31.3. The van der Waals surface area contributed by atoms with Gasteiger partial charge in [0.25, 0.3) is 0 Å². The molecule has 140 valence electrons. The van der Waals surface area contributed by atoms with E-state index in [9.17, 15) is 24.2 Å². The van der Waals surface area contributed by atoms with Gasteiger partial charge in [-0.05, 0) is 44.9 Å². The normalized spacial score (nSPS) is 13.8. The molecule has 7 nitrogen and oxygen atoms in total. The second kappa shape index (κ2) is 8.77. The van der Waals surface area contributed by atoms with Crippen LogP contribution in [0.2, 0.25) is 0 Å². The summed E-state index contributed by atoms with van der Waals surface area (Å²) >= 11 is 0. The average Bonchev–Trinajstić information content (AvgIpc) is 2.46. The lowest BCUT2D eigenvalue weighted by Crippen LogP contribution is -2.34. The largest absolute Gasteiger partial charge is 0.481 e. The molecule has 1 amide bonds. The van der Waals surface area contributed by atoms with Crippen molar-refractivity contribution >= 4 is 12.1 Å². The Bertz CT molecular complexity index is 614. The second-order valence-corrected chi connectivity index (χ2v) is 6.66. The van der Waals surface area contributed by atoms with Gasteiger partial charge in [-0.2, -0.15) is 0 Å². The Morgan fingerprint density at radius 2 is 1.92 bits per heavy atom. The minimum absolute atomic E-state index is 0.0174. The highest BCUT2D eigenvalue weighted by molar-refractivity contribution is 5.70. The third-order valence-corrected chi connectivity index (χ3v) is 3.21. The van der Waals surface area contributed by atoms with Crippen molar-refractivity contribution in [1.29, 1.82) is 0 Å². The molecule has 0 fully saturated rings. The number of halogens is 1. The lowest BCUT2D eigenvalue weighted by Gasteiger charge is -2.21. The monoisotopic (exact) mass is 357 g/mol. The summed E-state index contributed by atoms with van der Waals surface area (Å²) in [5.74, 6) is -1.84. The van der Waals surface area contributed by atoms with Gasteiger partial charge >= 0.3 is 12.1 Å². The molecule has 0 bridgehead atoms. The van der Waals surface area contributed by atoms with Gasteiger partial charge in [-0.1, -0.05) is 6.07 Å². The molecule has 2 unspecified atom stereocenters. The molecule has 1 rings (SSSR count). The molecule has 0 heterocycles. The molecule has 0 saturated carbocycles. The van der Waals surface area contributed by atoms with Crippen LogP contribution in [0.15, 0.2) is 18.2 Å². The topological polar surface area (TPSA) is 116 Å². The predicted octanol–water partition coefficient (Wildman–Crippen LogP) is 1.76. The second-order valence-electron chi connectivity index (χ2n) is 6.66. The van der Waals surface area contributed by atoms with E-state index in [1.54, 1.807) is 20.8 Å². The van der Waals surface area contributed by atoms with Gasteiger partial charge in [0.1, 0.15) is 17.5 Å². The zero-order valence-corrected chi connectivity index (χ0v) is 14.5. The molecule has 0 aliphatic rings. The molecular weight excluding hydrogens is 333 g/mol. The molecule has 0 aliphatic heterocycles. The molecule has 8 heteroatoms. The van der Waals surface area contributed by atoms with Crippen molar-refractivity contribution in [2.45, 2.75) is 51.4 Å². The summed E-state index contributed by atoms with van der Waals surface area (Å²) < 4.78 is 18.9. The van der Waals surface area contributed by atoms with Gasteiger partial charge in [0, 0.05) is 12.1 Å². The van der Waals surface area contributed by atoms with Gasteiger partial charge in [0.2, 0.25) is 0 Å². The first kappa shape index (κ1) is 20.9. The van der Waals surface area contributed by atoms with E-state index in [2.05, 4.69) is 5.32 Å². The van der Waals surface area contributed by atoms with Crippen LogP contribution in [-0.4, -0.2) is 45.6 Å². The number of carbonyl (C=O) groups excluding carboxylic acids is 1. The lowest BCUT2D eigenvalue weighted by molar-refractivity contribution is -0.136. The summed E-state index contributed by atoms with van der Waals surface area (Å²) in [4.78, 5) is 22.2. The number of carboxylic acid groups (broad SMARTS) is 1. The summed E-state index contributed by atoms with van der Waals surface area (Å²) in [6.07, 6.45) is -3.92. The number of amides is 1. The predicted molar refractivity (Wildman–Crippen MR) is 87.6 cm³/mol. The van der Waals surface area contributed by atoms with E-state index in [0.29, 0.717) is 5.56 Å². The quantitative estimate of drug-likeness (QED) is 0.591.